The summed E-state index contributed by atoms with van der Waals surface area (Å²) in [4.78, 5) is 22.6. The van der Waals surface area contributed by atoms with E-state index in [1.807, 2.05) is 41.3 Å². The number of rotatable bonds is 2. The normalized spacial score (nSPS) is 24.4. The first kappa shape index (κ1) is 19.2. The molecular weight excluding hydrogens is 360 g/mol. The van der Waals surface area contributed by atoms with E-state index in [4.69, 9.17) is 0 Å². The van der Waals surface area contributed by atoms with Crippen LogP contribution < -0.4 is 0 Å². The molecule has 0 bridgehead atoms. The lowest BCUT2D eigenvalue weighted by atomic mass is 9.64. The molecule has 0 aliphatic carbocycles. The van der Waals surface area contributed by atoms with E-state index in [2.05, 4.69) is 43.7 Å². The van der Waals surface area contributed by atoms with Gasteiger partial charge >= 0.3 is 0 Å². The van der Waals surface area contributed by atoms with Crippen LogP contribution in [0.3, 0.4) is 0 Å². The molecule has 2 aromatic carbocycles. The van der Waals surface area contributed by atoms with Crippen LogP contribution in [0.25, 0.3) is 11.0 Å². The van der Waals surface area contributed by atoms with Gasteiger partial charge in [0.25, 0.3) is 5.91 Å². The molecule has 148 valence electrons. The lowest BCUT2D eigenvalue weighted by Crippen LogP contribution is -2.55. The Labute approximate surface area is 171 Å². The van der Waals surface area contributed by atoms with E-state index < -0.39 is 0 Å². The molecule has 1 aliphatic heterocycles. The number of piperidine rings is 1. The molecule has 0 saturated carbocycles. The number of carbonyl (C=O) groups excluding carboxylic acids is 1. The van der Waals surface area contributed by atoms with Gasteiger partial charge < -0.3 is 9.88 Å². The summed E-state index contributed by atoms with van der Waals surface area (Å²) in [6, 6.07) is 13.9. The molecule has 3 aromatic rings. The Morgan fingerprint density at radius 2 is 2.07 bits per heavy atom. The second-order valence-corrected chi connectivity index (χ2v) is 8.47. The summed E-state index contributed by atoms with van der Waals surface area (Å²) in [6.07, 6.45) is 2.51. The number of fused-ring (bicyclic) bond motifs is 1. The van der Waals surface area contributed by atoms with Gasteiger partial charge in [-0.25, -0.2) is 4.98 Å². The number of hydrogen-bond acceptors (Lipinski definition) is 3. The zero-order chi connectivity index (χ0) is 20.8. The van der Waals surface area contributed by atoms with Gasteiger partial charge in [0.1, 0.15) is 0 Å². The van der Waals surface area contributed by atoms with Crippen molar-refractivity contribution in [1.82, 2.24) is 14.9 Å². The van der Waals surface area contributed by atoms with Crippen LogP contribution >= 0.6 is 0 Å². The maximum Gasteiger partial charge on any atom is 0.254 e. The predicted molar refractivity (Wildman–Crippen MR) is 114 cm³/mol. The van der Waals surface area contributed by atoms with Crippen molar-refractivity contribution in [3.05, 3.63) is 65.0 Å². The number of aryl methyl sites for hydroxylation is 1. The maximum absolute atomic E-state index is 13.3. The monoisotopic (exact) mass is 386 g/mol. The van der Waals surface area contributed by atoms with Crippen LogP contribution in [-0.4, -0.2) is 33.4 Å². The fraction of sp³-hybridized carbons (Fsp3) is 0.375. The molecule has 5 nitrogen and oxygen atoms in total. The first-order chi connectivity index (χ1) is 13.8. The Kier molecular flexibility index (Phi) is 4.66. The second-order valence-electron chi connectivity index (χ2n) is 8.47. The molecule has 1 amide bonds. The molecule has 1 saturated heterocycles. The maximum atomic E-state index is 13.3. The molecule has 0 radical (unpaired) electrons. The van der Waals surface area contributed by atoms with E-state index in [-0.39, 0.29) is 23.3 Å². The first-order valence-corrected chi connectivity index (χ1v) is 10.1. The Balaban J connectivity index is 1.63. The number of carbonyl (C=O) groups is 1. The smallest absolute Gasteiger partial charge is 0.254 e. The number of aromatic amines is 1. The Hall–Kier alpha value is -3.13. The molecule has 4 rings (SSSR count). The molecule has 2 heterocycles. The fourth-order valence-electron chi connectivity index (χ4n) is 4.79. The van der Waals surface area contributed by atoms with Crippen molar-refractivity contribution in [3.8, 4) is 6.07 Å². The van der Waals surface area contributed by atoms with Gasteiger partial charge in [-0.3, -0.25) is 4.79 Å². The summed E-state index contributed by atoms with van der Waals surface area (Å²) >= 11 is 0. The van der Waals surface area contributed by atoms with Gasteiger partial charge in [-0.15, -0.1) is 0 Å². The van der Waals surface area contributed by atoms with E-state index in [0.29, 0.717) is 17.7 Å². The third-order valence-corrected chi connectivity index (χ3v) is 7.00. The average molecular weight is 386 g/mol. The van der Waals surface area contributed by atoms with Gasteiger partial charge in [-0.1, -0.05) is 19.9 Å². The molecule has 5 heteroatoms. The zero-order valence-electron chi connectivity index (χ0n) is 17.4. The highest BCUT2D eigenvalue weighted by Crippen LogP contribution is 2.44. The highest BCUT2D eigenvalue weighted by molar-refractivity contribution is 5.97. The van der Waals surface area contributed by atoms with Crippen molar-refractivity contribution >= 4 is 16.9 Å². The van der Waals surface area contributed by atoms with Crippen LogP contribution in [0.2, 0.25) is 0 Å². The quantitative estimate of drug-likeness (QED) is 0.701. The molecule has 29 heavy (non-hydrogen) atoms. The first-order valence-electron chi connectivity index (χ1n) is 10.1. The number of aromatic nitrogens is 2. The van der Waals surface area contributed by atoms with Crippen molar-refractivity contribution in [2.24, 2.45) is 5.92 Å². The molecule has 3 atom stereocenters. The standard InChI is InChI=1S/C24H26N4O/c1-15-5-6-18(13-25)11-20(15)24(4)9-10-28(17(3)16(24)2)23(29)19-7-8-21-22(12-19)27-14-26-21/h5-8,11-12,14,16-17H,9-10H2,1-4H3,(H,26,27)/t16-,17-,24-/m1/s1. The molecule has 0 unspecified atom stereocenters. The number of amides is 1. The molecule has 0 spiro atoms. The number of likely N-dealkylation sites (tertiary alicyclic amines) is 1. The second kappa shape index (κ2) is 7.04. The number of benzene rings is 2. The number of nitrogens with one attached hydrogen (secondary N) is 1. The number of nitrogens with zero attached hydrogens (tertiary/aromatic N) is 3. The van der Waals surface area contributed by atoms with Crippen molar-refractivity contribution in [1.29, 1.82) is 5.26 Å². The van der Waals surface area contributed by atoms with Crippen LogP contribution in [-0.2, 0) is 5.41 Å². The van der Waals surface area contributed by atoms with Gasteiger partial charge in [-0.2, -0.15) is 5.26 Å². The molecule has 1 aromatic heterocycles. The Morgan fingerprint density at radius 3 is 2.83 bits per heavy atom. The number of H-pyrrole nitrogens is 1. The minimum absolute atomic E-state index is 0.0606. The third-order valence-electron chi connectivity index (χ3n) is 7.00. The highest BCUT2D eigenvalue weighted by Gasteiger charge is 2.44. The highest BCUT2D eigenvalue weighted by atomic mass is 16.2. The third kappa shape index (κ3) is 3.09. The molecule has 1 N–H and O–H groups in total. The van der Waals surface area contributed by atoms with Crippen LogP contribution in [0.4, 0.5) is 0 Å². The average Bonchev–Trinajstić information content (AvgIpc) is 3.20. The minimum atomic E-state index is -0.0829. The fourth-order valence-corrected chi connectivity index (χ4v) is 4.79. The molecule has 1 aliphatic rings. The lowest BCUT2D eigenvalue weighted by molar-refractivity contribution is 0.0361. The number of hydrogen-bond donors (Lipinski definition) is 1. The van der Waals surface area contributed by atoms with Gasteiger partial charge in [0.05, 0.1) is 29.0 Å². The molecular formula is C24H26N4O. The Morgan fingerprint density at radius 1 is 1.28 bits per heavy atom. The van der Waals surface area contributed by atoms with Crippen LogP contribution in [0, 0.1) is 24.2 Å². The largest absolute Gasteiger partial charge is 0.345 e. The summed E-state index contributed by atoms with van der Waals surface area (Å²) < 4.78 is 0. The van der Waals surface area contributed by atoms with Crippen molar-refractivity contribution in [2.75, 3.05) is 6.54 Å². The predicted octanol–water partition coefficient (Wildman–Crippen LogP) is 4.57. The number of nitriles is 1. The SMILES string of the molecule is Cc1ccc(C#N)cc1[C@]1(C)CCN(C(=O)c2ccc3nc[nH]c3c2)[C@H](C)[C@H]1C. The zero-order valence-corrected chi connectivity index (χ0v) is 17.4. The van der Waals surface area contributed by atoms with Gasteiger partial charge in [0.2, 0.25) is 0 Å². The Bertz CT molecular complexity index is 1130. The number of imidazole rings is 1. The van der Waals surface area contributed by atoms with E-state index in [9.17, 15) is 10.1 Å². The lowest BCUT2D eigenvalue weighted by Gasteiger charge is -2.50. The summed E-state index contributed by atoms with van der Waals surface area (Å²) in [5, 5.41) is 9.34. The summed E-state index contributed by atoms with van der Waals surface area (Å²) in [6.45, 7) is 9.43. The van der Waals surface area contributed by atoms with Gasteiger partial charge in [0.15, 0.2) is 0 Å². The van der Waals surface area contributed by atoms with Gasteiger partial charge in [-0.05, 0) is 73.1 Å². The molecule has 1 fully saturated rings. The van der Waals surface area contributed by atoms with Crippen LogP contribution in [0.5, 0.6) is 0 Å². The van der Waals surface area contributed by atoms with Crippen molar-refractivity contribution < 1.29 is 4.79 Å². The van der Waals surface area contributed by atoms with Gasteiger partial charge in [0, 0.05) is 18.2 Å². The van der Waals surface area contributed by atoms with E-state index in [1.165, 1.54) is 11.1 Å². The minimum Gasteiger partial charge on any atom is -0.345 e. The summed E-state index contributed by atoms with van der Waals surface area (Å²) in [7, 11) is 0. The van der Waals surface area contributed by atoms with E-state index >= 15 is 0 Å². The summed E-state index contributed by atoms with van der Waals surface area (Å²) in [5.41, 5.74) is 5.46. The topological polar surface area (TPSA) is 72.8 Å². The summed E-state index contributed by atoms with van der Waals surface area (Å²) in [5.74, 6) is 0.314. The van der Waals surface area contributed by atoms with Crippen LogP contribution in [0.1, 0.15) is 54.2 Å². The van der Waals surface area contributed by atoms with E-state index in [1.54, 1.807) is 6.33 Å². The van der Waals surface area contributed by atoms with E-state index in [0.717, 1.165) is 17.5 Å². The van der Waals surface area contributed by atoms with Crippen molar-refractivity contribution in [2.45, 2.75) is 45.6 Å². The van der Waals surface area contributed by atoms with Crippen molar-refractivity contribution in [3.63, 3.8) is 0 Å². The van der Waals surface area contributed by atoms with Crippen LogP contribution in [0.15, 0.2) is 42.7 Å².